The van der Waals surface area contributed by atoms with Crippen molar-refractivity contribution in [3.05, 3.63) is 35.9 Å². The van der Waals surface area contributed by atoms with Gasteiger partial charge >= 0.3 is 0 Å². The third kappa shape index (κ3) is 3.45. The van der Waals surface area contributed by atoms with Crippen LogP contribution in [0.5, 0.6) is 0 Å². The van der Waals surface area contributed by atoms with Crippen LogP contribution in [-0.4, -0.2) is 29.9 Å². The lowest BCUT2D eigenvalue weighted by atomic mass is 9.92. The Hall–Kier alpha value is -1.35. The molecule has 3 aliphatic rings. The van der Waals surface area contributed by atoms with Crippen molar-refractivity contribution in [3.63, 3.8) is 0 Å². The predicted molar refractivity (Wildman–Crippen MR) is 91.8 cm³/mol. The molecule has 2 aliphatic carbocycles. The van der Waals surface area contributed by atoms with Crippen molar-refractivity contribution in [3.8, 4) is 0 Å². The second-order valence-corrected chi connectivity index (χ2v) is 7.85. The van der Waals surface area contributed by atoms with Crippen LogP contribution < -0.4 is 5.32 Å². The Bertz CT molecular complexity index is 544. The first-order valence-corrected chi connectivity index (χ1v) is 9.34. The molecule has 3 heteroatoms. The van der Waals surface area contributed by atoms with Gasteiger partial charge in [-0.1, -0.05) is 36.8 Å². The van der Waals surface area contributed by atoms with E-state index in [0.717, 1.165) is 44.3 Å². The van der Waals surface area contributed by atoms with E-state index in [9.17, 15) is 4.79 Å². The van der Waals surface area contributed by atoms with Gasteiger partial charge in [-0.15, -0.1) is 0 Å². The molecule has 1 amide bonds. The molecule has 4 atom stereocenters. The largest absolute Gasteiger partial charge is 0.353 e. The SMILES string of the molecule is O=C(NC1CC2CCC1C2)C1CCCN(Cc2ccccc2)C1. The summed E-state index contributed by atoms with van der Waals surface area (Å²) in [7, 11) is 0. The molecule has 1 heterocycles. The van der Waals surface area contributed by atoms with Crippen LogP contribution in [0.1, 0.15) is 44.1 Å². The molecule has 124 valence electrons. The van der Waals surface area contributed by atoms with E-state index in [2.05, 4.69) is 40.5 Å². The summed E-state index contributed by atoms with van der Waals surface area (Å²) < 4.78 is 0. The summed E-state index contributed by atoms with van der Waals surface area (Å²) in [5.74, 6) is 2.17. The standard InChI is InChI=1S/C20H28N2O/c23-20(21-19-12-16-8-9-17(19)11-16)18-7-4-10-22(14-18)13-15-5-2-1-3-6-15/h1-3,5-6,16-19H,4,7-14H2,(H,21,23). The van der Waals surface area contributed by atoms with E-state index < -0.39 is 0 Å². The maximum Gasteiger partial charge on any atom is 0.224 e. The van der Waals surface area contributed by atoms with Gasteiger partial charge in [0.25, 0.3) is 0 Å². The number of piperidine rings is 1. The molecule has 4 rings (SSSR count). The Labute approximate surface area is 139 Å². The van der Waals surface area contributed by atoms with Crippen LogP contribution in [0, 0.1) is 17.8 Å². The summed E-state index contributed by atoms with van der Waals surface area (Å²) in [4.78, 5) is 15.1. The van der Waals surface area contributed by atoms with Crippen molar-refractivity contribution in [2.24, 2.45) is 17.8 Å². The fraction of sp³-hybridized carbons (Fsp3) is 0.650. The quantitative estimate of drug-likeness (QED) is 0.926. The van der Waals surface area contributed by atoms with Crippen LogP contribution >= 0.6 is 0 Å². The minimum atomic E-state index is 0.187. The number of fused-ring (bicyclic) bond motifs is 2. The number of nitrogens with zero attached hydrogens (tertiary/aromatic N) is 1. The minimum Gasteiger partial charge on any atom is -0.353 e. The normalized spacial score (nSPS) is 33.7. The Morgan fingerprint density at radius 3 is 2.74 bits per heavy atom. The second-order valence-electron chi connectivity index (χ2n) is 7.85. The molecule has 0 radical (unpaired) electrons. The lowest BCUT2D eigenvalue weighted by molar-refractivity contribution is -0.127. The molecule has 1 aromatic rings. The van der Waals surface area contributed by atoms with E-state index in [1.807, 2.05) is 0 Å². The van der Waals surface area contributed by atoms with Crippen molar-refractivity contribution in [2.75, 3.05) is 13.1 Å². The highest BCUT2D eigenvalue weighted by atomic mass is 16.2. The van der Waals surface area contributed by atoms with Gasteiger partial charge in [-0.2, -0.15) is 0 Å². The molecule has 1 aromatic carbocycles. The number of hydrogen-bond donors (Lipinski definition) is 1. The average molecular weight is 312 g/mol. The van der Waals surface area contributed by atoms with Crippen LogP contribution in [-0.2, 0) is 11.3 Å². The van der Waals surface area contributed by atoms with E-state index in [1.54, 1.807) is 0 Å². The Balaban J connectivity index is 1.31. The number of likely N-dealkylation sites (tertiary alicyclic amines) is 1. The van der Waals surface area contributed by atoms with Crippen LogP contribution in [0.25, 0.3) is 0 Å². The number of carbonyl (C=O) groups is 1. The van der Waals surface area contributed by atoms with Gasteiger partial charge in [0.1, 0.15) is 0 Å². The van der Waals surface area contributed by atoms with Crippen molar-refractivity contribution in [1.29, 1.82) is 0 Å². The van der Waals surface area contributed by atoms with Crippen LogP contribution in [0.3, 0.4) is 0 Å². The van der Waals surface area contributed by atoms with E-state index in [0.29, 0.717) is 11.9 Å². The first-order valence-electron chi connectivity index (χ1n) is 9.34. The monoisotopic (exact) mass is 312 g/mol. The number of hydrogen-bond acceptors (Lipinski definition) is 2. The van der Waals surface area contributed by atoms with E-state index in [4.69, 9.17) is 0 Å². The average Bonchev–Trinajstić information content (AvgIpc) is 3.19. The van der Waals surface area contributed by atoms with Gasteiger partial charge in [-0.3, -0.25) is 9.69 Å². The van der Waals surface area contributed by atoms with Gasteiger partial charge in [-0.05, 0) is 56.0 Å². The molecule has 3 fully saturated rings. The lowest BCUT2D eigenvalue weighted by Gasteiger charge is -2.33. The maximum absolute atomic E-state index is 12.7. The Morgan fingerprint density at radius 1 is 1.13 bits per heavy atom. The molecule has 4 unspecified atom stereocenters. The minimum absolute atomic E-state index is 0.187. The first kappa shape index (κ1) is 15.2. The molecule has 2 bridgehead atoms. The van der Waals surface area contributed by atoms with Gasteiger partial charge in [0.05, 0.1) is 5.92 Å². The van der Waals surface area contributed by atoms with Gasteiger partial charge in [0, 0.05) is 19.1 Å². The number of benzene rings is 1. The van der Waals surface area contributed by atoms with Crippen molar-refractivity contribution in [1.82, 2.24) is 10.2 Å². The first-order chi connectivity index (χ1) is 11.3. The number of rotatable bonds is 4. The zero-order valence-electron chi connectivity index (χ0n) is 13.9. The summed E-state index contributed by atoms with van der Waals surface area (Å²) in [6, 6.07) is 11.1. The summed E-state index contributed by atoms with van der Waals surface area (Å²) in [5, 5.41) is 3.40. The van der Waals surface area contributed by atoms with Crippen LogP contribution in [0.4, 0.5) is 0 Å². The highest BCUT2D eigenvalue weighted by Crippen LogP contribution is 2.44. The summed E-state index contributed by atoms with van der Waals surface area (Å²) >= 11 is 0. The molecule has 1 aliphatic heterocycles. The molecular formula is C20H28N2O. The summed E-state index contributed by atoms with van der Waals surface area (Å²) in [6.07, 6.45) is 7.51. The fourth-order valence-corrected chi connectivity index (χ4v) is 4.98. The Morgan fingerprint density at radius 2 is 2.00 bits per heavy atom. The van der Waals surface area contributed by atoms with Crippen LogP contribution in [0.2, 0.25) is 0 Å². The Kier molecular flexibility index (Phi) is 4.39. The molecule has 1 saturated heterocycles. The predicted octanol–water partition coefficient (Wildman–Crippen LogP) is 3.20. The van der Waals surface area contributed by atoms with Gasteiger partial charge in [0.2, 0.25) is 5.91 Å². The van der Waals surface area contributed by atoms with Gasteiger partial charge in [0.15, 0.2) is 0 Å². The fourth-order valence-electron chi connectivity index (χ4n) is 4.98. The highest BCUT2D eigenvalue weighted by Gasteiger charge is 2.41. The molecule has 3 nitrogen and oxygen atoms in total. The lowest BCUT2D eigenvalue weighted by Crippen LogP contribution is -2.47. The van der Waals surface area contributed by atoms with Crippen molar-refractivity contribution < 1.29 is 4.79 Å². The molecule has 2 saturated carbocycles. The topological polar surface area (TPSA) is 32.3 Å². The van der Waals surface area contributed by atoms with E-state index >= 15 is 0 Å². The summed E-state index contributed by atoms with van der Waals surface area (Å²) in [6.45, 7) is 3.01. The number of nitrogens with one attached hydrogen (secondary N) is 1. The third-order valence-corrected chi connectivity index (χ3v) is 6.19. The third-order valence-electron chi connectivity index (χ3n) is 6.19. The second kappa shape index (κ2) is 6.64. The van der Waals surface area contributed by atoms with E-state index in [1.165, 1.54) is 31.2 Å². The number of carbonyl (C=O) groups excluding carboxylic acids is 1. The zero-order valence-corrected chi connectivity index (χ0v) is 13.9. The molecule has 1 N–H and O–H groups in total. The highest BCUT2D eigenvalue weighted by molar-refractivity contribution is 5.79. The van der Waals surface area contributed by atoms with Gasteiger partial charge in [-0.25, -0.2) is 0 Å². The van der Waals surface area contributed by atoms with E-state index in [-0.39, 0.29) is 5.92 Å². The van der Waals surface area contributed by atoms with Crippen molar-refractivity contribution in [2.45, 2.75) is 51.1 Å². The van der Waals surface area contributed by atoms with Crippen molar-refractivity contribution >= 4 is 5.91 Å². The molecule has 0 spiro atoms. The maximum atomic E-state index is 12.7. The van der Waals surface area contributed by atoms with Crippen LogP contribution in [0.15, 0.2) is 30.3 Å². The number of amides is 1. The molecule has 0 aromatic heterocycles. The molecular weight excluding hydrogens is 284 g/mol. The smallest absolute Gasteiger partial charge is 0.224 e. The summed E-state index contributed by atoms with van der Waals surface area (Å²) in [5.41, 5.74) is 1.35. The van der Waals surface area contributed by atoms with Gasteiger partial charge < -0.3 is 5.32 Å². The molecule has 23 heavy (non-hydrogen) atoms. The zero-order chi connectivity index (χ0) is 15.6.